The Kier molecular flexibility index (Phi) is 8.96. The van der Waals surface area contributed by atoms with Crippen LogP contribution in [-0.2, 0) is 4.79 Å². The van der Waals surface area contributed by atoms with Gasteiger partial charge in [0.15, 0.2) is 0 Å². The number of carbonyl (C=O) groups excluding carboxylic acids is 2. The molecule has 1 fully saturated rings. The Balaban J connectivity index is 1.81. The quantitative estimate of drug-likeness (QED) is 0.643. The molecule has 0 aromatic heterocycles. The highest BCUT2D eigenvalue weighted by atomic mass is 16.5. The van der Waals surface area contributed by atoms with Crippen LogP contribution >= 0.6 is 0 Å². The SMILES string of the molecule is CCOc1cc(OCC)cc(C(=O)NCC2CCN(CC(=O)NC(C)(C)C)CC2)c1. The highest BCUT2D eigenvalue weighted by Crippen LogP contribution is 2.23. The lowest BCUT2D eigenvalue weighted by atomic mass is 9.96. The fourth-order valence-corrected chi connectivity index (χ4v) is 3.55. The van der Waals surface area contributed by atoms with Crippen molar-refractivity contribution in [1.29, 1.82) is 0 Å². The van der Waals surface area contributed by atoms with Crippen molar-refractivity contribution in [3.8, 4) is 11.5 Å². The number of ether oxygens (including phenoxy) is 2. The van der Waals surface area contributed by atoms with Gasteiger partial charge in [0.2, 0.25) is 5.91 Å². The first kappa shape index (κ1) is 24.0. The molecule has 2 rings (SSSR count). The van der Waals surface area contributed by atoms with Crippen molar-refractivity contribution in [3.05, 3.63) is 23.8 Å². The number of likely N-dealkylation sites (tertiary alicyclic amines) is 1. The predicted octanol–water partition coefficient (Wildman–Crippen LogP) is 2.84. The first-order valence-electron chi connectivity index (χ1n) is 10.9. The summed E-state index contributed by atoms with van der Waals surface area (Å²) in [5.74, 6) is 1.63. The molecule has 0 bridgehead atoms. The van der Waals surface area contributed by atoms with Gasteiger partial charge >= 0.3 is 0 Å². The van der Waals surface area contributed by atoms with E-state index in [0.717, 1.165) is 25.9 Å². The van der Waals surface area contributed by atoms with Crippen molar-refractivity contribution in [2.75, 3.05) is 39.4 Å². The molecule has 168 valence electrons. The molecule has 1 heterocycles. The average molecular weight is 420 g/mol. The molecule has 0 saturated carbocycles. The van der Waals surface area contributed by atoms with Crippen molar-refractivity contribution >= 4 is 11.8 Å². The van der Waals surface area contributed by atoms with E-state index >= 15 is 0 Å². The molecule has 0 radical (unpaired) electrons. The Hall–Kier alpha value is -2.28. The molecule has 2 amide bonds. The zero-order chi connectivity index (χ0) is 22.1. The Bertz CT molecular complexity index is 683. The van der Waals surface area contributed by atoms with Crippen LogP contribution in [0.5, 0.6) is 11.5 Å². The molecule has 0 spiro atoms. The van der Waals surface area contributed by atoms with E-state index in [0.29, 0.717) is 49.3 Å². The van der Waals surface area contributed by atoms with E-state index in [9.17, 15) is 9.59 Å². The minimum atomic E-state index is -0.207. The van der Waals surface area contributed by atoms with Crippen molar-refractivity contribution in [2.24, 2.45) is 5.92 Å². The fourth-order valence-electron chi connectivity index (χ4n) is 3.55. The molecule has 0 aliphatic carbocycles. The predicted molar refractivity (Wildman–Crippen MR) is 118 cm³/mol. The standard InChI is InChI=1S/C23H37N3O4/c1-6-29-19-12-18(13-20(14-19)30-7-2)22(28)24-15-17-8-10-26(11-9-17)16-21(27)25-23(3,4)5/h12-14,17H,6-11,15-16H2,1-5H3,(H,24,28)(H,25,27). The van der Waals surface area contributed by atoms with Crippen LogP contribution < -0.4 is 20.1 Å². The second-order valence-corrected chi connectivity index (χ2v) is 8.79. The van der Waals surface area contributed by atoms with Crippen LogP contribution in [0.15, 0.2) is 18.2 Å². The number of amides is 2. The Labute approximate surface area is 180 Å². The smallest absolute Gasteiger partial charge is 0.251 e. The molecule has 1 aliphatic heterocycles. The molecule has 0 atom stereocenters. The van der Waals surface area contributed by atoms with Gasteiger partial charge in [-0.05, 0) is 78.6 Å². The summed E-state index contributed by atoms with van der Waals surface area (Å²) in [7, 11) is 0. The summed E-state index contributed by atoms with van der Waals surface area (Å²) in [6.45, 7) is 13.6. The van der Waals surface area contributed by atoms with Crippen molar-refractivity contribution in [1.82, 2.24) is 15.5 Å². The summed E-state index contributed by atoms with van der Waals surface area (Å²) >= 11 is 0. The lowest BCUT2D eigenvalue weighted by molar-refractivity contribution is -0.124. The molecule has 1 saturated heterocycles. The third kappa shape index (κ3) is 8.22. The third-order valence-corrected chi connectivity index (χ3v) is 4.90. The maximum Gasteiger partial charge on any atom is 0.251 e. The monoisotopic (exact) mass is 419 g/mol. The molecule has 1 aromatic carbocycles. The second kappa shape index (κ2) is 11.2. The maximum atomic E-state index is 12.7. The van der Waals surface area contributed by atoms with E-state index < -0.39 is 0 Å². The number of nitrogens with one attached hydrogen (secondary N) is 2. The van der Waals surface area contributed by atoms with E-state index in [1.165, 1.54) is 0 Å². The minimum absolute atomic E-state index is 0.0635. The van der Waals surface area contributed by atoms with Gasteiger partial charge in [-0.25, -0.2) is 0 Å². The van der Waals surface area contributed by atoms with E-state index in [1.54, 1.807) is 18.2 Å². The topological polar surface area (TPSA) is 79.9 Å². The van der Waals surface area contributed by atoms with E-state index in [4.69, 9.17) is 9.47 Å². The molecular weight excluding hydrogens is 382 g/mol. The largest absolute Gasteiger partial charge is 0.494 e. The number of hydrogen-bond acceptors (Lipinski definition) is 5. The van der Waals surface area contributed by atoms with Crippen LogP contribution in [-0.4, -0.2) is 61.6 Å². The van der Waals surface area contributed by atoms with Gasteiger partial charge in [0.1, 0.15) is 11.5 Å². The molecule has 1 aliphatic rings. The molecule has 30 heavy (non-hydrogen) atoms. The summed E-state index contributed by atoms with van der Waals surface area (Å²) < 4.78 is 11.1. The molecule has 7 nitrogen and oxygen atoms in total. The number of rotatable bonds is 9. The minimum Gasteiger partial charge on any atom is -0.494 e. The molecular formula is C23H37N3O4. The maximum absolute atomic E-state index is 12.7. The van der Waals surface area contributed by atoms with Crippen molar-refractivity contribution in [3.63, 3.8) is 0 Å². The van der Waals surface area contributed by atoms with Crippen molar-refractivity contribution in [2.45, 2.75) is 53.0 Å². The summed E-state index contributed by atoms with van der Waals surface area (Å²) in [5, 5.41) is 6.05. The fraction of sp³-hybridized carbons (Fsp3) is 0.652. The van der Waals surface area contributed by atoms with Crippen LogP contribution in [0, 0.1) is 5.92 Å². The average Bonchev–Trinajstić information content (AvgIpc) is 2.66. The van der Waals surface area contributed by atoms with E-state index in [2.05, 4.69) is 15.5 Å². The van der Waals surface area contributed by atoms with Crippen molar-refractivity contribution < 1.29 is 19.1 Å². The van der Waals surface area contributed by atoms with Crippen LogP contribution in [0.1, 0.15) is 57.8 Å². The molecule has 7 heteroatoms. The zero-order valence-corrected chi connectivity index (χ0v) is 19.0. The third-order valence-electron chi connectivity index (χ3n) is 4.90. The van der Waals surface area contributed by atoms with Gasteiger partial charge < -0.3 is 20.1 Å². The van der Waals surface area contributed by atoms with Gasteiger partial charge in [-0.2, -0.15) is 0 Å². The summed E-state index contributed by atoms with van der Waals surface area (Å²) in [4.78, 5) is 26.9. The Morgan fingerprint density at radius 2 is 1.60 bits per heavy atom. The highest BCUT2D eigenvalue weighted by molar-refractivity contribution is 5.95. The molecule has 0 unspecified atom stereocenters. The summed E-state index contributed by atoms with van der Waals surface area (Å²) in [6, 6.07) is 5.30. The lowest BCUT2D eigenvalue weighted by Gasteiger charge is -2.32. The normalized spacial score (nSPS) is 15.5. The lowest BCUT2D eigenvalue weighted by Crippen LogP contribution is -2.48. The van der Waals surface area contributed by atoms with Gasteiger partial charge in [0.05, 0.1) is 19.8 Å². The number of carbonyl (C=O) groups is 2. The van der Waals surface area contributed by atoms with Gasteiger partial charge in [0.25, 0.3) is 5.91 Å². The van der Waals surface area contributed by atoms with Gasteiger partial charge in [-0.3, -0.25) is 14.5 Å². The Morgan fingerprint density at radius 1 is 1.03 bits per heavy atom. The van der Waals surface area contributed by atoms with E-state index in [-0.39, 0.29) is 17.4 Å². The van der Waals surface area contributed by atoms with Gasteiger partial charge in [0, 0.05) is 23.7 Å². The zero-order valence-electron chi connectivity index (χ0n) is 19.0. The summed E-state index contributed by atoms with van der Waals surface area (Å²) in [6.07, 6.45) is 1.93. The summed E-state index contributed by atoms with van der Waals surface area (Å²) in [5.41, 5.74) is 0.335. The highest BCUT2D eigenvalue weighted by Gasteiger charge is 2.23. The number of nitrogens with zero attached hydrogens (tertiary/aromatic N) is 1. The first-order valence-corrected chi connectivity index (χ1v) is 10.9. The molecule has 1 aromatic rings. The first-order chi connectivity index (χ1) is 14.2. The van der Waals surface area contributed by atoms with Crippen LogP contribution in [0.4, 0.5) is 0 Å². The number of benzene rings is 1. The number of piperidine rings is 1. The van der Waals surface area contributed by atoms with Gasteiger partial charge in [-0.1, -0.05) is 0 Å². The van der Waals surface area contributed by atoms with Crippen LogP contribution in [0.3, 0.4) is 0 Å². The van der Waals surface area contributed by atoms with Crippen LogP contribution in [0.2, 0.25) is 0 Å². The molecule has 2 N–H and O–H groups in total. The van der Waals surface area contributed by atoms with Gasteiger partial charge in [-0.15, -0.1) is 0 Å². The Morgan fingerprint density at radius 3 is 2.10 bits per heavy atom. The second-order valence-electron chi connectivity index (χ2n) is 8.79. The number of hydrogen-bond donors (Lipinski definition) is 2. The van der Waals surface area contributed by atoms with E-state index in [1.807, 2.05) is 34.6 Å². The van der Waals surface area contributed by atoms with Crippen LogP contribution in [0.25, 0.3) is 0 Å².